The van der Waals surface area contributed by atoms with Crippen LogP contribution in [0.4, 0.5) is 4.39 Å². The zero-order chi connectivity index (χ0) is 17.5. The lowest BCUT2D eigenvalue weighted by atomic mass is 10.2. The maximum absolute atomic E-state index is 12.9. The average Bonchev–Trinajstić information content (AvgIpc) is 2.99. The molecular formula is C20H23FN2O2. The molecule has 0 bridgehead atoms. The second kappa shape index (κ2) is 8.62. The highest BCUT2D eigenvalue weighted by Crippen LogP contribution is 2.18. The quantitative estimate of drug-likeness (QED) is 0.599. The van der Waals surface area contributed by atoms with Crippen LogP contribution in [0.5, 0.6) is 5.75 Å². The lowest BCUT2D eigenvalue weighted by molar-refractivity contribution is 0.286. The van der Waals surface area contributed by atoms with Crippen LogP contribution in [0.25, 0.3) is 11.0 Å². The molecule has 3 aromatic rings. The molecule has 0 amide bonds. The van der Waals surface area contributed by atoms with Crippen LogP contribution in [-0.4, -0.2) is 27.9 Å². The van der Waals surface area contributed by atoms with E-state index in [4.69, 9.17) is 14.8 Å². The lowest BCUT2D eigenvalue weighted by Crippen LogP contribution is -2.07. The first-order valence-corrected chi connectivity index (χ1v) is 8.71. The molecule has 0 radical (unpaired) electrons. The second-order valence-corrected chi connectivity index (χ2v) is 6.01. The number of para-hydroxylation sites is 2. The van der Waals surface area contributed by atoms with Crippen LogP contribution in [0.3, 0.4) is 0 Å². The van der Waals surface area contributed by atoms with Gasteiger partial charge in [-0.15, -0.1) is 0 Å². The normalized spacial score (nSPS) is 11.1. The number of nitrogens with zero attached hydrogens (tertiary/aromatic N) is 2. The Morgan fingerprint density at radius 3 is 2.60 bits per heavy atom. The van der Waals surface area contributed by atoms with E-state index >= 15 is 0 Å². The van der Waals surface area contributed by atoms with Gasteiger partial charge in [0.15, 0.2) is 0 Å². The topological polar surface area (TPSA) is 47.3 Å². The van der Waals surface area contributed by atoms with Gasteiger partial charge in [-0.25, -0.2) is 9.37 Å². The molecule has 132 valence electrons. The van der Waals surface area contributed by atoms with Gasteiger partial charge in [-0.1, -0.05) is 12.1 Å². The summed E-state index contributed by atoms with van der Waals surface area (Å²) >= 11 is 0. The van der Waals surface area contributed by atoms with E-state index in [1.807, 2.05) is 18.2 Å². The summed E-state index contributed by atoms with van der Waals surface area (Å²) in [5, 5.41) is 9.09. The van der Waals surface area contributed by atoms with Crippen LogP contribution in [0.2, 0.25) is 0 Å². The van der Waals surface area contributed by atoms with Crippen LogP contribution in [0, 0.1) is 5.82 Å². The van der Waals surface area contributed by atoms with Crippen LogP contribution in [0.15, 0.2) is 48.5 Å². The number of hydrogen-bond acceptors (Lipinski definition) is 3. The third-order valence-electron chi connectivity index (χ3n) is 4.15. The number of imidazole rings is 1. The van der Waals surface area contributed by atoms with Crippen molar-refractivity contribution in [2.24, 2.45) is 0 Å². The molecule has 1 heterocycles. The SMILES string of the molecule is OCCCc1nc2ccccc2n1CCCCOc1ccc(F)cc1. The van der Waals surface area contributed by atoms with E-state index in [9.17, 15) is 4.39 Å². The monoisotopic (exact) mass is 342 g/mol. The molecule has 0 unspecified atom stereocenters. The van der Waals surface area contributed by atoms with Crippen molar-refractivity contribution in [1.82, 2.24) is 9.55 Å². The van der Waals surface area contributed by atoms with Crippen LogP contribution >= 0.6 is 0 Å². The highest BCUT2D eigenvalue weighted by atomic mass is 19.1. The smallest absolute Gasteiger partial charge is 0.123 e. The largest absolute Gasteiger partial charge is 0.494 e. The molecule has 4 nitrogen and oxygen atoms in total. The number of aromatic nitrogens is 2. The number of aliphatic hydroxyl groups is 1. The van der Waals surface area contributed by atoms with Gasteiger partial charge < -0.3 is 14.4 Å². The molecule has 1 N–H and O–H groups in total. The average molecular weight is 342 g/mol. The Morgan fingerprint density at radius 1 is 1.00 bits per heavy atom. The van der Waals surface area contributed by atoms with E-state index in [0.29, 0.717) is 12.4 Å². The highest BCUT2D eigenvalue weighted by molar-refractivity contribution is 5.75. The fraction of sp³-hybridized carbons (Fsp3) is 0.350. The van der Waals surface area contributed by atoms with E-state index in [1.54, 1.807) is 12.1 Å². The fourth-order valence-corrected chi connectivity index (χ4v) is 2.90. The first-order valence-electron chi connectivity index (χ1n) is 8.71. The van der Waals surface area contributed by atoms with Crippen molar-refractivity contribution >= 4 is 11.0 Å². The predicted molar refractivity (Wildman–Crippen MR) is 96.3 cm³/mol. The first-order chi connectivity index (χ1) is 12.3. The third kappa shape index (κ3) is 4.57. The zero-order valence-electron chi connectivity index (χ0n) is 14.2. The predicted octanol–water partition coefficient (Wildman–Crippen LogP) is 3.96. The van der Waals surface area contributed by atoms with Crippen molar-refractivity contribution in [2.75, 3.05) is 13.2 Å². The van der Waals surface area contributed by atoms with Crippen LogP contribution in [-0.2, 0) is 13.0 Å². The summed E-state index contributed by atoms with van der Waals surface area (Å²) < 4.78 is 20.7. The molecule has 0 fully saturated rings. The van der Waals surface area contributed by atoms with E-state index in [2.05, 4.69) is 10.6 Å². The highest BCUT2D eigenvalue weighted by Gasteiger charge is 2.09. The van der Waals surface area contributed by atoms with Crippen molar-refractivity contribution in [3.63, 3.8) is 0 Å². The molecular weight excluding hydrogens is 319 g/mol. The minimum Gasteiger partial charge on any atom is -0.494 e. The van der Waals surface area contributed by atoms with Gasteiger partial charge in [0.1, 0.15) is 17.4 Å². The lowest BCUT2D eigenvalue weighted by Gasteiger charge is -2.10. The summed E-state index contributed by atoms with van der Waals surface area (Å²) in [6, 6.07) is 14.2. The molecule has 0 spiro atoms. The number of aliphatic hydroxyl groups excluding tert-OH is 1. The molecule has 5 heteroatoms. The second-order valence-electron chi connectivity index (χ2n) is 6.01. The Bertz CT molecular complexity index is 799. The summed E-state index contributed by atoms with van der Waals surface area (Å²) in [6.45, 7) is 1.65. The molecule has 0 saturated heterocycles. The van der Waals surface area contributed by atoms with Crippen molar-refractivity contribution in [3.05, 3.63) is 60.2 Å². The molecule has 0 atom stereocenters. The summed E-state index contributed by atoms with van der Waals surface area (Å²) in [5.41, 5.74) is 2.13. The number of aryl methyl sites for hydroxylation is 2. The molecule has 3 rings (SSSR count). The standard InChI is InChI=1S/C20H23FN2O2/c21-16-9-11-17(12-10-16)25-15-4-3-13-23-19-7-2-1-6-18(19)22-20(23)8-5-14-24/h1-2,6-7,9-12,24H,3-5,8,13-15H2. The van der Waals surface area contributed by atoms with Gasteiger partial charge in [-0.05, 0) is 55.7 Å². The van der Waals surface area contributed by atoms with Crippen LogP contribution < -0.4 is 4.74 Å². The fourth-order valence-electron chi connectivity index (χ4n) is 2.90. The number of halogens is 1. The first kappa shape index (κ1) is 17.4. The Labute approximate surface area is 146 Å². The van der Waals surface area contributed by atoms with Crippen molar-refractivity contribution < 1.29 is 14.2 Å². The maximum atomic E-state index is 12.9. The Balaban J connectivity index is 1.55. The molecule has 0 aliphatic carbocycles. The van der Waals surface area contributed by atoms with Crippen LogP contribution in [0.1, 0.15) is 25.1 Å². The number of rotatable bonds is 9. The number of fused-ring (bicyclic) bond motifs is 1. The van der Waals surface area contributed by atoms with Crippen molar-refractivity contribution in [1.29, 1.82) is 0 Å². The van der Waals surface area contributed by atoms with E-state index < -0.39 is 0 Å². The number of ether oxygens (including phenoxy) is 1. The Kier molecular flexibility index (Phi) is 6.01. The summed E-state index contributed by atoms with van der Waals surface area (Å²) in [6.07, 6.45) is 3.37. The van der Waals surface area contributed by atoms with Crippen molar-refractivity contribution in [2.45, 2.75) is 32.2 Å². The van der Waals surface area contributed by atoms with E-state index in [0.717, 1.165) is 49.1 Å². The number of unbranched alkanes of at least 4 members (excludes halogenated alkanes) is 1. The van der Waals surface area contributed by atoms with Gasteiger partial charge in [0.2, 0.25) is 0 Å². The minimum atomic E-state index is -0.255. The number of benzene rings is 2. The molecule has 0 aliphatic heterocycles. The third-order valence-corrected chi connectivity index (χ3v) is 4.15. The van der Waals surface area contributed by atoms with Crippen molar-refractivity contribution in [3.8, 4) is 5.75 Å². The van der Waals surface area contributed by atoms with E-state index in [1.165, 1.54) is 12.1 Å². The Hall–Kier alpha value is -2.40. The molecule has 0 saturated carbocycles. The zero-order valence-corrected chi connectivity index (χ0v) is 14.2. The molecule has 2 aromatic carbocycles. The summed E-state index contributed by atoms with van der Waals surface area (Å²) in [5.74, 6) is 1.46. The molecule has 25 heavy (non-hydrogen) atoms. The maximum Gasteiger partial charge on any atom is 0.123 e. The van der Waals surface area contributed by atoms with Gasteiger partial charge >= 0.3 is 0 Å². The van der Waals surface area contributed by atoms with E-state index in [-0.39, 0.29) is 12.4 Å². The van der Waals surface area contributed by atoms with Gasteiger partial charge in [-0.2, -0.15) is 0 Å². The van der Waals surface area contributed by atoms with Gasteiger partial charge in [-0.3, -0.25) is 0 Å². The minimum absolute atomic E-state index is 0.175. The number of hydrogen-bond donors (Lipinski definition) is 1. The molecule has 0 aliphatic rings. The van der Waals surface area contributed by atoms with Gasteiger partial charge in [0, 0.05) is 19.6 Å². The molecule has 1 aromatic heterocycles. The van der Waals surface area contributed by atoms with Gasteiger partial charge in [0.05, 0.1) is 17.6 Å². The summed E-state index contributed by atoms with van der Waals surface area (Å²) in [7, 11) is 0. The Morgan fingerprint density at radius 2 is 1.80 bits per heavy atom. The van der Waals surface area contributed by atoms with Gasteiger partial charge in [0.25, 0.3) is 0 Å². The summed E-state index contributed by atoms with van der Waals surface area (Å²) in [4.78, 5) is 4.69.